The lowest BCUT2D eigenvalue weighted by Crippen LogP contribution is -2.58. The topological polar surface area (TPSA) is 127 Å². The molecule has 2 aromatic rings. The summed E-state index contributed by atoms with van der Waals surface area (Å²) in [6.45, 7) is 11.3. The Labute approximate surface area is 239 Å². The van der Waals surface area contributed by atoms with Crippen LogP contribution in [0.3, 0.4) is 0 Å². The molecule has 6 atom stereocenters. The van der Waals surface area contributed by atoms with Crippen LogP contribution < -0.4 is 0 Å². The molecule has 3 aliphatic heterocycles. The second-order valence-corrected chi connectivity index (χ2v) is 11.3. The summed E-state index contributed by atoms with van der Waals surface area (Å²) >= 11 is 0. The van der Waals surface area contributed by atoms with Gasteiger partial charge in [-0.05, 0) is 51.2 Å². The van der Waals surface area contributed by atoms with Gasteiger partial charge in [-0.25, -0.2) is 4.68 Å². The second kappa shape index (κ2) is 11.4. The summed E-state index contributed by atoms with van der Waals surface area (Å²) in [5.41, 5.74) is -0.659. The zero-order valence-electron chi connectivity index (χ0n) is 23.8. The first-order valence-corrected chi connectivity index (χ1v) is 14.4. The second-order valence-electron chi connectivity index (χ2n) is 11.3. The Bertz CT molecular complexity index is 1340. The molecule has 11 nitrogen and oxygen atoms in total. The highest BCUT2D eigenvalue weighted by atomic mass is 16.6. The highest BCUT2D eigenvalue weighted by Gasteiger charge is 2.79. The SMILES string of the molecule is C=CCCCOC(=O)[C@H]1[C@H]2C(=O)N([C@H](C)CO)C(C(=O)N(CC=C)Cn3nnc4ccccc43)C23CC[C@]1(CC)O3. The van der Waals surface area contributed by atoms with E-state index in [0.717, 1.165) is 5.52 Å². The Kier molecular flexibility index (Phi) is 8.02. The summed E-state index contributed by atoms with van der Waals surface area (Å²) in [4.78, 5) is 45.3. The Hall–Kier alpha value is -3.57. The molecule has 2 unspecified atom stereocenters. The van der Waals surface area contributed by atoms with Crippen molar-refractivity contribution in [3.05, 3.63) is 49.6 Å². The van der Waals surface area contributed by atoms with E-state index in [2.05, 4.69) is 23.5 Å². The lowest BCUT2D eigenvalue weighted by Gasteiger charge is -2.38. The van der Waals surface area contributed by atoms with Crippen molar-refractivity contribution in [2.75, 3.05) is 19.8 Å². The predicted molar refractivity (Wildman–Crippen MR) is 150 cm³/mol. The molecule has 41 heavy (non-hydrogen) atoms. The molecule has 0 aliphatic carbocycles. The third kappa shape index (κ3) is 4.55. The molecule has 0 radical (unpaired) electrons. The maximum absolute atomic E-state index is 14.5. The van der Waals surface area contributed by atoms with Crippen molar-refractivity contribution in [3.8, 4) is 0 Å². The van der Waals surface area contributed by atoms with Gasteiger partial charge in [0.25, 0.3) is 0 Å². The number of para-hydroxylation sites is 1. The van der Waals surface area contributed by atoms with Crippen LogP contribution in [0.2, 0.25) is 0 Å². The molecular formula is C30H39N5O6. The van der Waals surface area contributed by atoms with Gasteiger partial charge in [0, 0.05) is 6.54 Å². The number of carbonyl (C=O) groups excluding carboxylic acids is 3. The average Bonchev–Trinajstić information content (AvgIpc) is 3.71. The molecule has 1 aromatic heterocycles. The van der Waals surface area contributed by atoms with Crippen molar-refractivity contribution >= 4 is 28.8 Å². The molecule has 1 spiro atoms. The van der Waals surface area contributed by atoms with Crippen LogP contribution in [0.5, 0.6) is 0 Å². The summed E-state index contributed by atoms with van der Waals surface area (Å²) in [6.07, 6.45) is 6.19. The number of ether oxygens (including phenoxy) is 2. The Morgan fingerprint density at radius 2 is 2.07 bits per heavy atom. The van der Waals surface area contributed by atoms with Gasteiger partial charge in [-0.2, -0.15) is 0 Å². The number of fused-ring (bicyclic) bond motifs is 2. The zero-order valence-corrected chi connectivity index (χ0v) is 23.8. The summed E-state index contributed by atoms with van der Waals surface area (Å²) in [6, 6.07) is 5.75. The standard InChI is InChI=1S/C30H39N5O6/c1-5-8-11-17-40-28(39)24-23-26(37)35(20(4)18-36)25(30(23)15-14-29(24,7-3)41-30)27(38)33(16-6-2)19-34-22-13-10-9-12-21(22)31-32-34/h5-6,9-10,12-13,20,23-25,36H,1-2,7-8,11,14-19H2,3-4H3/t20-,23+,24-,25?,29+,30?/m1/s1. The summed E-state index contributed by atoms with van der Waals surface area (Å²) in [5.74, 6) is -2.91. The first-order chi connectivity index (χ1) is 19.8. The van der Waals surface area contributed by atoms with E-state index in [1.165, 1.54) is 4.90 Å². The fraction of sp³-hybridized carbons (Fsp3) is 0.567. The molecule has 5 rings (SSSR count). The Morgan fingerprint density at radius 1 is 1.29 bits per heavy atom. The number of hydrogen-bond acceptors (Lipinski definition) is 8. The van der Waals surface area contributed by atoms with Crippen LogP contribution in [0.15, 0.2) is 49.6 Å². The van der Waals surface area contributed by atoms with Gasteiger partial charge in [0.05, 0.1) is 36.3 Å². The lowest BCUT2D eigenvalue weighted by atomic mass is 9.65. The lowest BCUT2D eigenvalue weighted by molar-refractivity contribution is -0.163. The fourth-order valence-electron chi connectivity index (χ4n) is 7.08. The number of carbonyl (C=O) groups is 3. The summed E-state index contributed by atoms with van der Waals surface area (Å²) in [7, 11) is 0. The van der Waals surface area contributed by atoms with Crippen LogP contribution in [-0.2, 0) is 30.5 Å². The van der Waals surface area contributed by atoms with Crippen LogP contribution in [0.4, 0.5) is 0 Å². The third-order valence-electron chi connectivity index (χ3n) is 9.03. The number of benzene rings is 1. The molecule has 1 N–H and O–H groups in total. The Balaban J connectivity index is 1.52. The van der Waals surface area contributed by atoms with E-state index >= 15 is 0 Å². The average molecular weight is 566 g/mol. The predicted octanol–water partition coefficient (Wildman–Crippen LogP) is 2.45. The van der Waals surface area contributed by atoms with E-state index in [1.807, 2.05) is 31.2 Å². The van der Waals surface area contributed by atoms with Crippen LogP contribution in [0.25, 0.3) is 11.0 Å². The molecule has 2 amide bonds. The molecule has 3 aliphatic rings. The number of allylic oxidation sites excluding steroid dienone is 1. The smallest absolute Gasteiger partial charge is 0.312 e. The Morgan fingerprint density at radius 3 is 2.78 bits per heavy atom. The zero-order chi connectivity index (χ0) is 29.4. The van der Waals surface area contributed by atoms with Gasteiger partial charge in [-0.15, -0.1) is 18.3 Å². The monoisotopic (exact) mass is 565 g/mol. The fourth-order valence-corrected chi connectivity index (χ4v) is 7.08. The van der Waals surface area contributed by atoms with Crippen LogP contribution >= 0.6 is 0 Å². The van der Waals surface area contributed by atoms with E-state index in [9.17, 15) is 19.5 Å². The van der Waals surface area contributed by atoms with E-state index in [-0.39, 0.29) is 38.2 Å². The van der Waals surface area contributed by atoms with Crippen molar-refractivity contribution in [1.29, 1.82) is 0 Å². The number of nitrogens with zero attached hydrogens (tertiary/aromatic N) is 5. The number of aliphatic hydroxyl groups is 1. The van der Waals surface area contributed by atoms with Crippen LogP contribution in [0, 0.1) is 11.8 Å². The first-order valence-electron chi connectivity index (χ1n) is 14.4. The van der Waals surface area contributed by atoms with Crippen molar-refractivity contribution in [3.63, 3.8) is 0 Å². The number of rotatable bonds is 13. The van der Waals surface area contributed by atoms with Gasteiger partial charge in [0.15, 0.2) is 0 Å². The van der Waals surface area contributed by atoms with Crippen molar-refractivity contribution in [1.82, 2.24) is 24.8 Å². The molecule has 220 valence electrons. The van der Waals surface area contributed by atoms with E-state index in [4.69, 9.17) is 9.47 Å². The summed E-state index contributed by atoms with van der Waals surface area (Å²) in [5, 5.41) is 18.6. The first kappa shape index (κ1) is 28.9. The quantitative estimate of drug-likeness (QED) is 0.223. The summed E-state index contributed by atoms with van der Waals surface area (Å²) < 4.78 is 14.1. The number of esters is 1. The molecule has 3 fully saturated rings. The number of aliphatic hydroxyl groups excluding tert-OH is 1. The van der Waals surface area contributed by atoms with Crippen molar-refractivity contribution in [2.45, 2.75) is 75.9 Å². The number of amides is 2. The van der Waals surface area contributed by atoms with Gasteiger partial charge >= 0.3 is 5.97 Å². The molecule has 1 aromatic carbocycles. The maximum Gasteiger partial charge on any atom is 0.312 e. The van der Waals surface area contributed by atoms with Gasteiger partial charge in [-0.1, -0.05) is 36.4 Å². The minimum absolute atomic E-state index is 0.0752. The molecule has 4 heterocycles. The van der Waals surface area contributed by atoms with Gasteiger partial charge < -0.3 is 24.4 Å². The number of likely N-dealkylation sites (tertiary alicyclic amines) is 1. The maximum atomic E-state index is 14.5. The van der Waals surface area contributed by atoms with Crippen LogP contribution in [0.1, 0.15) is 46.0 Å². The minimum Gasteiger partial charge on any atom is -0.465 e. The van der Waals surface area contributed by atoms with Gasteiger partial charge in [-0.3, -0.25) is 14.4 Å². The van der Waals surface area contributed by atoms with Crippen molar-refractivity contribution in [2.24, 2.45) is 11.8 Å². The largest absolute Gasteiger partial charge is 0.465 e. The third-order valence-corrected chi connectivity index (χ3v) is 9.03. The highest BCUT2D eigenvalue weighted by molar-refractivity contribution is 5.98. The highest BCUT2D eigenvalue weighted by Crippen LogP contribution is 2.64. The molecule has 2 bridgehead atoms. The minimum atomic E-state index is -1.22. The number of aromatic nitrogens is 3. The molecule has 0 saturated carbocycles. The van der Waals surface area contributed by atoms with E-state index in [1.54, 1.807) is 28.7 Å². The number of hydrogen-bond donors (Lipinski definition) is 1. The molecule has 11 heteroatoms. The van der Waals surface area contributed by atoms with Gasteiger partial charge in [0.2, 0.25) is 11.8 Å². The molecular weight excluding hydrogens is 526 g/mol. The van der Waals surface area contributed by atoms with E-state index < -0.39 is 41.1 Å². The molecule has 3 saturated heterocycles. The van der Waals surface area contributed by atoms with Crippen molar-refractivity contribution < 1.29 is 29.0 Å². The number of unbranched alkanes of at least 4 members (excludes halogenated alkanes) is 1. The van der Waals surface area contributed by atoms with Crippen LogP contribution in [-0.4, -0.2) is 90.7 Å². The van der Waals surface area contributed by atoms with Gasteiger partial charge in [0.1, 0.15) is 29.7 Å². The normalized spacial score (nSPS) is 29.0. The van der Waals surface area contributed by atoms with E-state index in [0.29, 0.717) is 37.6 Å².